The SMILES string of the molecule is O=C(NC(Cc1ccccc1)(c1cccc(OC(F)F)c1)c1ccc(Cl)cn1)C1CC1. The van der Waals surface area contributed by atoms with E-state index in [1.807, 2.05) is 30.3 Å². The first-order valence-corrected chi connectivity index (χ1v) is 10.4. The second-order valence-corrected chi connectivity index (χ2v) is 8.04. The molecule has 31 heavy (non-hydrogen) atoms. The van der Waals surface area contributed by atoms with E-state index in [9.17, 15) is 13.6 Å². The summed E-state index contributed by atoms with van der Waals surface area (Å²) < 4.78 is 30.4. The molecule has 1 unspecified atom stereocenters. The Kier molecular flexibility index (Phi) is 6.18. The lowest BCUT2D eigenvalue weighted by Crippen LogP contribution is -2.49. The molecule has 1 atom stereocenters. The lowest BCUT2D eigenvalue weighted by molar-refractivity contribution is -0.124. The fourth-order valence-corrected chi connectivity index (χ4v) is 3.76. The van der Waals surface area contributed by atoms with Crippen LogP contribution >= 0.6 is 11.6 Å². The minimum absolute atomic E-state index is 0.0135. The minimum atomic E-state index is -2.95. The number of rotatable bonds is 8. The number of ether oxygens (including phenoxy) is 1. The van der Waals surface area contributed by atoms with Crippen molar-refractivity contribution in [2.24, 2.45) is 5.92 Å². The molecule has 0 radical (unpaired) electrons. The summed E-state index contributed by atoms with van der Waals surface area (Å²) in [6.07, 6.45) is 3.55. The van der Waals surface area contributed by atoms with Crippen LogP contribution in [-0.4, -0.2) is 17.5 Å². The number of aromatic nitrogens is 1. The van der Waals surface area contributed by atoms with Crippen LogP contribution in [0.25, 0.3) is 0 Å². The van der Waals surface area contributed by atoms with E-state index >= 15 is 0 Å². The molecule has 4 rings (SSSR count). The normalized spacial score (nSPS) is 15.4. The molecule has 1 saturated carbocycles. The summed E-state index contributed by atoms with van der Waals surface area (Å²) in [7, 11) is 0. The number of halogens is 3. The zero-order valence-corrected chi connectivity index (χ0v) is 17.4. The number of carbonyl (C=O) groups is 1. The molecule has 1 amide bonds. The van der Waals surface area contributed by atoms with E-state index in [2.05, 4.69) is 15.0 Å². The van der Waals surface area contributed by atoms with Crippen molar-refractivity contribution in [1.29, 1.82) is 0 Å². The topological polar surface area (TPSA) is 51.2 Å². The lowest BCUT2D eigenvalue weighted by Gasteiger charge is -2.36. The van der Waals surface area contributed by atoms with Crippen LogP contribution in [0.3, 0.4) is 0 Å². The molecule has 1 heterocycles. The molecular formula is C24H21ClF2N2O2. The van der Waals surface area contributed by atoms with Crippen molar-refractivity contribution in [3.05, 3.63) is 94.8 Å². The van der Waals surface area contributed by atoms with Crippen molar-refractivity contribution in [3.63, 3.8) is 0 Å². The van der Waals surface area contributed by atoms with Gasteiger partial charge in [-0.05, 0) is 48.2 Å². The Morgan fingerprint density at radius 2 is 1.90 bits per heavy atom. The van der Waals surface area contributed by atoms with E-state index in [4.69, 9.17) is 11.6 Å². The third-order valence-corrected chi connectivity index (χ3v) is 5.54. The van der Waals surface area contributed by atoms with Crippen LogP contribution in [0.2, 0.25) is 5.02 Å². The average Bonchev–Trinajstić information content (AvgIpc) is 3.60. The van der Waals surface area contributed by atoms with Gasteiger partial charge in [-0.25, -0.2) is 0 Å². The lowest BCUT2D eigenvalue weighted by atomic mass is 9.80. The van der Waals surface area contributed by atoms with Crippen LogP contribution in [0.15, 0.2) is 72.9 Å². The number of nitrogens with one attached hydrogen (secondary N) is 1. The molecule has 1 aliphatic carbocycles. The molecule has 3 aromatic rings. The summed E-state index contributed by atoms with van der Waals surface area (Å²) in [5, 5.41) is 3.64. The summed E-state index contributed by atoms with van der Waals surface area (Å²) in [6.45, 7) is -2.95. The molecular weight excluding hydrogens is 422 g/mol. The summed E-state index contributed by atoms with van der Waals surface area (Å²) >= 11 is 6.06. The third kappa shape index (κ3) is 5.02. The first kappa shape index (κ1) is 21.2. The Morgan fingerprint density at radius 1 is 1.13 bits per heavy atom. The number of alkyl halides is 2. The van der Waals surface area contributed by atoms with Gasteiger partial charge in [0, 0.05) is 18.5 Å². The first-order chi connectivity index (χ1) is 15.0. The number of pyridine rings is 1. The second kappa shape index (κ2) is 9.02. The highest BCUT2D eigenvalue weighted by Gasteiger charge is 2.41. The van der Waals surface area contributed by atoms with Crippen molar-refractivity contribution in [1.82, 2.24) is 10.3 Å². The summed E-state index contributed by atoms with van der Waals surface area (Å²) in [6, 6.07) is 19.5. The van der Waals surface area contributed by atoms with E-state index in [1.54, 1.807) is 24.3 Å². The summed E-state index contributed by atoms with van der Waals surface area (Å²) in [4.78, 5) is 17.5. The fourth-order valence-electron chi connectivity index (χ4n) is 3.65. The van der Waals surface area contributed by atoms with Gasteiger partial charge in [0.2, 0.25) is 5.91 Å². The van der Waals surface area contributed by atoms with Crippen LogP contribution < -0.4 is 10.1 Å². The Labute approximate surface area is 184 Å². The molecule has 0 bridgehead atoms. The molecule has 2 aromatic carbocycles. The monoisotopic (exact) mass is 442 g/mol. The van der Waals surface area contributed by atoms with Gasteiger partial charge in [-0.2, -0.15) is 8.78 Å². The van der Waals surface area contributed by atoms with Crippen molar-refractivity contribution < 1.29 is 18.3 Å². The smallest absolute Gasteiger partial charge is 0.387 e. The summed E-state index contributed by atoms with van der Waals surface area (Å²) in [5.74, 6) is -0.129. The van der Waals surface area contributed by atoms with Gasteiger partial charge in [-0.3, -0.25) is 9.78 Å². The van der Waals surface area contributed by atoms with Gasteiger partial charge in [0.25, 0.3) is 0 Å². The standard InChI is InChI=1S/C24H21ClF2N2O2/c25-19-11-12-21(28-15-19)24(29-22(30)17-9-10-17,14-16-5-2-1-3-6-16)18-7-4-8-20(13-18)31-23(26)27/h1-8,11-13,15,17,23H,9-10,14H2,(H,29,30). The number of hydrogen-bond donors (Lipinski definition) is 1. The Morgan fingerprint density at radius 3 is 2.55 bits per heavy atom. The van der Waals surface area contributed by atoms with E-state index in [1.165, 1.54) is 18.3 Å². The first-order valence-electron chi connectivity index (χ1n) is 9.99. The van der Waals surface area contributed by atoms with Crippen LogP contribution in [0.1, 0.15) is 29.7 Å². The number of carbonyl (C=O) groups excluding carboxylic acids is 1. The molecule has 7 heteroatoms. The molecule has 0 spiro atoms. The fraction of sp³-hybridized carbons (Fsp3) is 0.250. The quantitative estimate of drug-likeness (QED) is 0.511. The van der Waals surface area contributed by atoms with Crippen LogP contribution in [0, 0.1) is 5.92 Å². The number of hydrogen-bond acceptors (Lipinski definition) is 3. The highest BCUT2D eigenvalue weighted by Crippen LogP contribution is 2.37. The Hall–Kier alpha value is -2.99. The van der Waals surface area contributed by atoms with Gasteiger partial charge in [0.05, 0.1) is 10.7 Å². The van der Waals surface area contributed by atoms with Gasteiger partial charge in [-0.1, -0.05) is 54.1 Å². The van der Waals surface area contributed by atoms with E-state index < -0.39 is 12.2 Å². The van der Waals surface area contributed by atoms with Crippen LogP contribution in [-0.2, 0) is 16.8 Å². The average molecular weight is 443 g/mol. The molecule has 1 aliphatic rings. The van der Waals surface area contributed by atoms with Crippen molar-refractivity contribution in [2.45, 2.75) is 31.4 Å². The maximum atomic E-state index is 13.0. The molecule has 1 fully saturated rings. The van der Waals surface area contributed by atoms with Crippen molar-refractivity contribution in [2.75, 3.05) is 0 Å². The summed E-state index contributed by atoms with van der Waals surface area (Å²) in [5.41, 5.74) is 1.02. The molecule has 4 nitrogen and oxygen atoms in total. The zero-order chi connectivity index (χ0) is 21.8. The Bertz CT molecular complexity index is 1040. The van der Waals surface area contributed by atoms with Crippen LogP contribution in [0.5, 0.6) is 5.75 Å². The van der Waals surface area contributed by atoms with Gasteiger partial charge in [0.1, 0.15) is 11.3 Å². The molecule has 1 N–H and O–H groups in total. The predicted molar refractivity (Wildman–Crippen MR) is 114 cm³/mol. The number of amides is 1. The number of nitrogens with zero attached hydrogens (tertiary/aromatic N) is 1. The maximum Gasteiger partial charge on any atom is 0.387 e. The van der Waals surface area contributed by atoms with Gasteiger partial charge >= 0.3 is 6.61 Å². The predicted octanol–water partition coefficient (Wildman–Crippen LogP) is 5.35. The van der Waals surface area contributed by atoms with Crippen LogP contribution in [0.4, 0.5) is 8.78 Å². The second-order valence-electron chi connectivity index (χ2n) is 7.60. The highest BCUT2D eigenvalue weighted by molar-refractivity contribution is 6.30. The maximum absolute atomic E-state index is 13.0. The van der Waals surface area contributed by atoms with Gasteiger partial charge < -0.3 is 10.1 Å². The largest absolute Gasteiger partial charge is 0.435 e. The molecule has 1 aromatic heterocycles. The van der Waals surface area contributed by atoms with Gasteiger partial charge in [0.15, 0.2) is 0 Å². The van der Waals surface area contributed by atoms with Crippen molar-refractivity contribution >= 4 is 17.5 Å². The molecule has 160 valence electrons. The van der Waals surface area contributed by atoms with E-state index in [-0.39, 0.29) is 17.6 Å². The third-order valence-electron chi connectivity index (χ3n) is 5.31. The molecule has 0 saturated heterocycles. The highest BCUT2D eigenvalue weighted by atomic mass is 35.5. The molecule has 0 aliphatic heterocycles. The van der Waals surface area contributed by atoms with Crippen molar-refractivity contribution in [3.8, 4) is 5.75 Å². The Balaban J connectivity index is 1.87. The van der Waals surface area contributed by atoms with E-state index in [0.717, 1.165) is 18.4 Å². The van der Waals surface area contributed by atoms with E-state index in [0.29, 0.717) is 22.7 Å². The minimum Gasteiger partial charge on any atom is -0.435 e. The zero-order valence-electron chi connectivity index (χ0n) is 16.6. The number of benzene rings is 2. The van der Waals surface area contributed by atoms with Gasteiger partial charge in [-0.15, -0.1) is 0 Å².